The first kappa shape index (κ1) is 17.1. The van der Waals surface area contributed by atoms with Crippen molar-refractivity contribution in [2.24, 2.45) is 5.73 Å². The van der Waals surface area contributed by atoms with Gasteiger partial charge in [-0.3, -0.25) is 4.90 Å². The number of thiophene rings is 1. The third kappa shape index (κ3) is 4.83. The van der Waals surface area contributed by atoms with Gasteiger partial charge in [0.05, 0.1) is 6.04 Å². The standard InChI is InChI=1S/C14H25BrN2OS/c1-4-12(16)14(13-8-11(15)9-19-13)17(10(2)3)6-5-7-18/h8-10,12,14,18H,4-7,16H2,1-3H3. The van der Waals surface area contributed by atoms with Crippen molar-refractivity contribution < 1.29 is 5.11 Å². The number of halogens is 1. The van der Waals surface area contributed by atoms with Crippen LogP contribution in [0.5, 0.6) is 0 Å². The Morgan fingerprint density at radius 1 is 1.47 bits per heavy atom. The van der Waals surface area contributed by atoms with Crippen molar-refractivity contribution in [1.29, 1.82) is 0 Å². The van der Waals surface area contributed by atoms with Gasteiger partial charge in [0, 0.05) is 40.0 Å². The first-order valence-electron chi connectivity index (χ1n) is 6.87. The van der Waals surface area contributed by atoms with Crippen molar-refractivity contribution in [2.75, 3.05) is 13.2 Å². The molecular weight excluding hydrogens is 324 g/mol. The second kappa shape index (κ2) is 8.37. The van der Waals surface area contributed by atoms with Gasteiger partial charge in [-0.1, -0.05) is 6.92 Å². The maximum atomic E-state index is 9.09. The van der Waals surface area contributed by atoms with Crippen LogP contribution in [0, 0.1) is 0 Å². The number of hydrogen-bond acceptors (Lipinski definition) is 4. The monoisotopic (exact) mass is 348 g/mol. The van der Waals surface area contributed by atoms with Crippen LogP contribution >= 0.6 is 27.3 Å². The number of nitrogens with two attached hydrogens (primary N) is 1. The molecule has 2 unspecified atom stereocenters. The molecule has 0 radical (unpaired) electrons. The molecule has 0 spiro atoms. The molecule has 0 saturated carbocycles. The van der Waals surface area contributed by atoms with E-state index >= 15 is 0 Å². The van der Waals surface area contributed by atoms with E-state index in [-0.39, 0.29) is 18.7 Å². The zero-order valence-electron chi connectivity index (χ0n) is 12.0. The Kier molecular flexibility index (Phi) is 7.54. The molecule has 1 aromatic heterocycles. The average molecular weight is 349 g/mol. The van der Waals surface area contributed by atoms with Crippen LogP contribution in [-0.2, 0) is 0 Å². The Hall–Kier alpha value is 0.0600. The van der Waals surface area contributed by atoms with E-state index in [9.17, 15) is 0 Å². The molecule has 0 aliphatic carbocycles. The van der Waals surface area contributed by atoms with Gasteiger partial charge in [0.1, 0.15) is 0 Å². The summed E-state index contributed by atoms with van der Waals surface area (Å²) < 4.78 is 1.12. The third-order valence-corrected chi connectivity index (χ3v) is 5.12. The molecule has 0 aliphatic heterocycles. The van der Waals surface area contributed by atoms with Crippen LogP contribution < -0.4 is 5.73 Å². The Labute approximate surface area is 128 Å². The largest absolute Gasteiger partial charge is 0.396 e. The molecular formula is C14H25BrN2OS. The summed E-state index contributed by atoms with van der Waals surface area (Å²) in [5.74, 6) is 0. The van der Waals surface area contributed by atoms with Gasteiger partial charge in [-0.2, -0.15) is 0 Å². The van der Waals surface area contributed by atoms with Gasteiger partial charge in [-0.05, 0) is 48.7 Å². The molecule has 0 saturated heterocycles. The SMILES string of the molecule is CCC(N)C(c1cc(Br)cs1)N(CCCO)C(C)C. The lowest BCUT2D eigenvalue weighted by molar-refractivity contribution is 0.120. The lowest BCUT2D eigenvalue weighted by atomic mass is 10.0. The summed E-state index contributed by atoms with van der Waals surface area (Å²) in [5.41, 5.74) is 6.36. The smallest absolute Gasteiger partial charge is 0.0596 e. The molecule has 1 heterocycles. The van der Waals surface area contributed by atoms with Crippen molar-refractivity contribution in [1.82, 2.24) is 4.90 Å². The molecule has 3 N–H and O–H groups in total. The summed E-state index contributed by atoms with van der Waals surface area (Å²) in [6.07, 6.45) is 1.74. The molecule has 1 aromatic rings. The fourth-order valence-electron chi connectivity index (χ4n) is 2.30. The van der Waals surface area contributed by atoms with Gasteiger partial charge < -0.3 is 10.8 Å². The number of hydrogen-bond donors (Lipinski definition) is 2. The molecule has 0 bridgehead atoms. The zero-order chi connectivity index (χ0) is 14.4. The summed E-state index contributed by atoms with van der Waals surface area (Å²) in [4.78, 5) is 3.70. The minimum atomic E-state index is 0.117. The molecule has 0 aliphatic rings. The maximum Gasteiger partial charge on any atom is 0.0596 e. The highest BCUT2D eigenvalue weighted by molar-refractivity contribution is 9.10. The molecule has 0 amide bonds. The van der Waals surface area contributed by atoms with Crippen molar-refractivity contribution in [2.45, 2.75) is 51.7 Å². The molecule has 0 fully saturated rings. The number of rotatable bonds is 8. The van der Waals surface area contributed by atoms with Crippen LogP contribution in [0.4, 0.5) is 0 Å². The van der Waals surface area contributed by atoms with E-state index in [1.54, 1.807) is 11.3 Å². The van der Waals surface area contributed by atoms with Gasteiger partial charge in [0.15, 0.2) is 0 Å². The van der Waals surface area contributed by atoms with Crippen molar-refractivity contribution in [3.63, 3.8) is 0 Å². The fraction of sp³-hybridized carbons (Fsp3) is 0.714. The van der Waals surface area contributed by atoms with Crippen LogP contribution in [0.25, 0.3) is 0 Å². The van der Waals surface area contributed by atoms with Gasteiger partial charge in [0.25, 0.3) is 0 Å². The van der Waals surface area contributed by atoms with Crippen LogP contribution in [0.1, 0.15) is 44.5 Å². The lowest BCUT2D eigenvalue weighted by Gasteiger charge is -2.37. The Balaban J connectivity index is 2.99. The van der Waals surface area contributed by atoms with E-state index in [2.05, 4.69) is 53.0 Å². The minimum Gasteiger partial charge on any atom is -0.396 e. The molecule has 110 valence electrons. The quantitative estimate of drug-likeness (QED) is 0.756. The Morgan fingerprint density at radius 2 is 2.16 bits per heavy atom. The number of aliphatic hydroxyl groups is 1. The van der Waals surface area contributed by atoms with Gasteiger partial charge in [-0.15, -0.1) is 11.3 Å². The van der Waals surface area contributed by atoms with E-state index in [0.29, 0.717) is 6.04 Å². The second-order valence-electron chi connectivity index (χ2n) is 5.09. The van der Waals surface area contributed by atoms with Gasteiger partial charge >= 0.3 is 0 Å². The van der Waals surface area contributed by atoms with E-state index < -0.39 is 0 Å². The highest BCUT2D eigenvalue weighted by Gasteiger charge is 2.28. The molecule has 3 nitrogen and oxygen atoms in total. The van der Waals surface area contributed by atoms with Crippen LogP contribution in [0.15, 0.2) is 15.9 Å². The average Bonchev–Trinajstić information content (AvgIpc) is 2.79. The van der Waals surface area contributed by atoms with Gasteiger partial charge in [-0.25, -0.2) is 0 Å². The topological polar surface area (TPSA) is 49.5 Å². The highest BCUT2D eigenvalue weighted by Crippen LogP contribution is 2.33. The first-order valence-corrected chi connectivity index (χ1v) is 8.54. The summed E-state index contributed by atoms with van der Waals surface area (Å²) in [6.45, 7) is 7.61. The predicted molar refractivity (Wildman–Crippen MR) is 86.6 cm³/mol. The Morgan fingerprint density at radius 3 is 2.58 bits per heavy atom. The normalized spacial score (nSPS) is 15.2. The second-order valence-corrected chi connectivity index (χ2v) is 6.95. The van der Waals surface area contributed by atoms with E-state index in [1.807, 2.05) is 0 Å². The molecule has 1 rings (SSSR count). The zero-order valence-corrected chi connectivity index (χ0v) is 14.4. The minimum absolute atomic E-state index is 0.117. The van der Waals surface area contributed by atoms with Crippen LogP contribution in [0.2, 0.25) is 0 Å². The van der Waals surface area contributed by atoms with Crippen LogP contribution in [-0.4, -0.2) is 35.2 Å². The summed E-state index contributed by atoms with van der Waals surface area (Å²) >= 11 is 5.27. The highest BCUT2D eigenvalue weighted by atomic mass is 79.9. The van der Waals surface area contributed by atoms with E-state index in [1.165, 1.54) is 4.88 Å². The van der Waals surface area contributed by atoms with E-state index in [4.69, 9.17) is 10.8 Å². The molecule has 2 atom stereocenters. The van der Waals surface area contributed by atoms with Gasteiger partial charge in [0.2, 0.25) is 0 Å². The number of aliphatic hydroxyl groups excluding tert-OH is 1. The fourth-order valence-corrected chi connectivity index (χ4v) is 3.94. The Bertz CT molecular complexity index is 370. The molecule has 0 aromatic carbocycles. The number of nitrogens with zero attached hydrogens (tertiary/aromatic N) is 1. The third-order valence-electron chi connectivity index (χ3n) is 3.35. The summed E-state index contributed by atoms with van der Waals surface area (Å²) in [7, 11) is 0. The summed E-state index contributed by atoms with van der Waals surface area (Å²) in [5, 5.41) is 11.2. The lowest BCUT2D eigenvalue weighted by Crippen LogP contribution is -2.44. The summed E-state index contributed by atoms with van der Waals surface area (Å²) in [6, 6.07) is 2.92. The first-order chi connectivity index (χ1) is 9.01. The predicted octanol–water partition coefficient (Wildman–Crippen LogP) is 3.38. The van der Waals surface area contributed by atoms with Crippen molar-refractivity contribution >= 4 is 27.3 Å². The maximum absolute atomic E-state index is 9.09. The van der Waals surface area contributed by atoms with Crippen molar-refractivity contribution in [3.05, 3.63) is 20.8 Å². The van der Waals surface area contributed by atoms with Crippen LogP contribution in [0.3, 0.4) is 0 Å². The molecule has 5 heteroatoms. The van der Waals surface area contributed by atoms with Crippen molar-refractivity contribution in [3.8, 4) is 0 Å². The van der Waals surface area contributed by atoms with E-state index in [0.717, 1.165) is 23.9 Å². The molecule has 19 heavy (non-hydrogen) atoms.